The van der Waals surface area contributed by atoms with Gasteiger partial charge in [0.15, 0.2) is 0 Å². The molecule has 1 saturated heterocycles. The molecule has 0 bridgehead atoms. The highest BCUT2D eigenvalue weighted by Gasteiger charge is 2.15. The summed E-state index contributed by atoms with van der Waals surface area (Å²) >= 11 is 1.78. The van der Waals surface area contributed by atoms with Crippen LogP contribution >= 0.6 is 11.8 Å². The monoisotopic (exact) mass is 260 g/mol. The van der Waals surface area contributed by atoms with Gasteiger partial charge in [0.05, 0.1) is 12.4 Å². The molecule has 2 N–H and O–H groups in total. The smallest absolute Gasteiger partial charge is 0.237 e. The zero-order chi connectivity index (χ0) is 14.3. The van der Waals surface area contributed by atoms with Crippen molar-refractivity contribution in [2.75, 3.05) is 24.7 Å². The van der Waals surface area contributed by atoms with Gasteiger partial charge in [0.1, 0.15) is 0 Å². The number of carbonyl (C=O) groups excluding carboxylic acids is 1. The van der Waals surface area contributed by atoms with E-state index in [1.165, 1.54) is 0 Å². The van der Waals surface area contributed by atoms with E-state index in [2.05, 4.69) is 33.6 Å². The first kappa shape index (κ1) is 21.6. The summed E-state index contributed by atoms with van der Waals surface area (Å²) in [5.41, 5.74) is 5.15. The minimum Gasteiger partial charge on any atom is -0.332 e. The highest BCUT2D eigenvalue weighted by atomic mass is 32.2. The largest absolute Gasteiger partial charge is 0.332 e. The molecule has 0 atom stereocenters. The van der Waals surface area contributed by atoms with Gasteiger partial charge in [-0.25, -0.2) is 0 Å². The quantitative estimate of drug-likeness (QED) is 0.737. The van der Waals surface area contributed by atoms with Crippen LogP contribution < -0.4 is 5.73 Å². The summed E-state index contributed by atoms with van der Waals surface area (Å²) < 4.78 is 0. The molecule has 1 aliphatic rings. The predicted molar refractivity (Wildman–Crippen MR) is 79.8 cm³/mol. The molecule has 0 radical (unpaired) electrons. The van der Waals surface area contributed by atoms with Gasteiger partial charge in [0, 0.05) is 12.3 Å². The van der Waals surface area contributed by atoms with Gasteiger partial charge in [0.2, 0.25) is 5.91 Å². The molecule has 0 aliphatic carbocycles. The molecule has 1 heterocycles. The lowest BCUT2D eigenvalue weighted by molar-refractivity contribution is -0.128. The molecule has 1 rings (SSSR count). The molecule has 102 valence electrons. The maximum absolute atomic E-state index is 10.8. The van der Waals surface area contributed by atoms with Crippen LogP contribution in [0.1, 0.15) is 34.6 Å². The van der Waals surface area contributed by atoms with Crippen LogP contribution in [-0.2, 0) is 4.79 Å². The minimum absolute atomic E-state index is 0.0694. The van der Waals surface area contributed by atoms with Crippen LogP contribution in [-0.4, -0.2) is 35.5 Å². The zero-order valence-corrected chi connectivity index (χ0v) is 12.7. The van der Waals surface area contributed by atoms with Crippen LogP contribution in [0, 0.1) is 18.8 Å². The summed E-state index contributed by atoms with van der Waals surface area (Å²) in [4.78, 5) is 12.6. The molecule has 0 saturated carbocycles. The molecule has 3 nitrogen and oxygen atoms in total. The Labute approximate surface area is 112 Å². The zero-order valence-electron chi connectivity index (χ0n) is 11.9. The predicted octanol–water partition coefficient (Wildman–Crippen LogP) is 2.42. The van der Waals surface area contributed by atoms with E-state index in [1.807, 2.05) is 13.8 Å². The molecule has 0 spiro atoms. The number of nitrogens with two attached hydrogens (primary N) is 1. The molecule has 0 aromatic carbocycles. The Bertz CT molecular complexity index is 173. The fourth-order valence-corrected chi connectivity index (χ4v) is 1.71. The first-order valence-corrected chi connectivity index (χ1v) is 7.12. The normalized spacial score (nSPS) is 12.4. The third-order valence-corrected chi connectivity index (χ3v) is 2.25. The van der Waals surface area contributed by atoms with Gasteiger partial charge in [0.25, 0.3) is 0 Å². The molecule has 4 heteroatoms. The Morgan fingerprint density at radius 2 is 1.76 bits per heavy atom. The highest BCUT2D eigenvalue weighted by Crippen LogP contribution is 2.12. The van der Waals surface area contributed by atoms with Crippen molar-refractivity contribution in [2.24, 2.45) is 11.7 Å². The molecule has 1 aliphatic heterocycles. The Balaban J connectivity index is -0.000000208. The SMILES string of the molecule is C#C.CC.CC(C)C.NCC(=O)N1CCSC1. The fraction of sp³-hybridized carbons (Fsp3) is 0.769. The second-order valence-corrected chi connectivity index (χ2v) is 4.71. The molecule has 0 aromatic heterocycles. The average molecular weight is 260 g/mol. The van der Waals surface area contributed by atoms with E-state index < -0.39 is 0 Å². The number of terminal acetylenes is 1. The lowest BCUT2D eigenvalue weighted by Gasteiger charge is -2.11. The van der Waals surface area contributed by atoms with Gasteiger partial charge in [-0.3, -0.25) is 4.79 Å². The average Bonchev–Trinajstić information content (AvgIpc) is 2.86. The lowest BCUT2D eigenvalue weighted by Crippen LogP contribution is -2.33. The summed E-state index contributed by atoms with van der Waals surface area (Å²) in [6.45, 7) is 11.5. The van der Waals surface area contributed by atoms with Gasteiger partial charge in [-0.2, -0.15) is 0 Å². The third kappa shape index (κ3) is 17.9. The lowest BCUT2D eigenvalue weighted by atomic mass is 10.3. The first-order chi connectivity index (χ1) is 8.07. The minimum atomic E-state index is 0.0694. The number of nitrogens with zero attached hydrogens (tertiary/aromatic N) is 1. The maximum Gasteiger partial charge on any atom is 0.237 e. The summed E-state index contributed by atoms with van der Waals surface area (Å²) in [5.74, 6) is 2.79. The number of hydrogen-bond donors (Lipinski definition) is 1. The number of carbonyl (C=O) groups is 1. The Kier molecular flexibility index (Phi) is 22.5. The van der Waals surface area contributed by atoms with E-state index in [9.17, 15) is 4.79 Å². The van der Waals surface area contributed by atoms with E-state index in [0.717, 1.165) is 24.1 Å². The fourth-order valence-electron chi connectivity index (χ4n) is 0.740. The van der Waals surface area contributed by atoms with Crippen LogP contribution in [0.4, 0.5) is 0 Å². The number of amides is 1. The van der Waals surface area contributed by atoms with Gasteiger partial charge >= 0.3 is 0 Å². The van der Waals surface area contributed by atoms with Crippen molar-refractivity contribution >= 4 is 17.7 Å². The standard InChI is InChI=1S/C5H10N2OS.C4H10.C2H6.C2H2/c6-3-5(8)7-1-2-9-4-7;1-4(2)3;2*1-2/h1-4,6H2;4H,1-3H3;1-2H3;1-2H. The van der Waals surface area contributed by atoms with Crippen molar-refractivity contribution in [3.05, 3.63) is 0 Å². The molecular formula is C13H28N2OS. The van der Waals surface area contributed by atoms with E-state index >= 15 is 0 Å². The topological polar surface area (TPSA) is 46.3 Å². The van der Waals surface area contributed by atoms with Crippen LogP contribution in [0.3, 0.4) is 0 Å². The summed E-state index contributed by atoms with van der Waals surface area (Å²) in [6.07, 6.45) is 8.00. The molecule has 0 unspecified atom stereocenters. The second kappa shape index (κ2) is 17.7. The van der Waals surface area contributed by atoms with Gasteiger partial charge < -0.3 is 10.6 Å². The van der Waals surface area contributed by atoms with Crippen LogP contribution in [0.25, 0.3) is 0 Å². The van der Waals surface area contributed by atoms with Crippen LogP contribution in [0.2, 0.25) is 0 Å². The van der Waals surface area contributed by atoms with Crippen molar-refractivity contribution in [3.8, 4) is 12.8 Å². The summed E-state index contributed by atoms with van der Waals surface area (Å²) in [6, 6.07) is 0. The highest BCUT2D eigenvalue weighted by molar-refractivity contribution is 7.99. The first-order valence-electron chi connectivity index (χ1n) is 5.96. The number of rotatable bonds is 1. The van der Waals surface area contributed by atoms with Crippen molar-refractivity contribution in [1.29, 1.82) is 0 Å². The Morgan fingerprint density at radius 3 is 2.00 bits per heavy atom. The Hall–Kier alpha value is -0.660. The van der Waals surface area contributed by atoms with Crippen LogP contribution in [0.15, 0.2) is 0 Å². The van der Waals surface area contributed by atoms with Crippen molar-refractivity contribution in [2.45, 2.75) is 34.6 Å². The summed E-state index contributed by atoms with van der Waals surface area (Å²) in [7, 11) is 0. The number of thioether (sulfide) groups is 1. The van der Waals surface area contributed by atoms with Crippen molar-refractivity contribution in [3.63, 3.8) is 0 Å². The van der Waals surface area contributed by atoms with Gasteiger partial charge in [-0.1, -0.05) is 34.6 Å². The third-order valence-electron chi connectivity index (χ3n) is 1.28. The molecule has 1 amide bonds. The molecule has 17 heavy (non-hydrogen) atoms. The number of hydrogen-bond acceptors (Lipinski definition) is 3. The van der Waals surface area contributed by atoms with Gasteiger partial charge in [-0.15, -0.1) is 24.6 Å². The van der Waals surface area contributed by atoms with Crippen molar-refractivity contribution in [1.82, 2.24) is 4.90 Å². The Morgan fingerprint density at radius 1 is 1.35 bits per heavy atom. The van der Waals surface area contributed by atoms with E-state index in [4.69, 9.17) is 5.73 Å². The molecule has 0 aromatic rings. The molecule has 1 fully saturated rings. The second-order valence-electron chi connectivity index (χ2n) is 3.63. The molecular weight excluding hydrogens is 232 g/mol. The van der Waals surface area contributed by atoms with E-state index in [1.54, 1.807) is 16.7 Å². The van der Waals surface area contributed by atoms with E-state index in [0.29, 0.717) is 0 Å². The van der Waals surface area contributed by atoms with Crippen LogP contribution in [0.5, 0.6) is 0 Å². The van der Waals surface area contributed by atoms with E-state index in [-0.39, 0.29) is 12.5 Å². The van der Waals surface area contributed by atoms with Gasteiger partial charge in [-0.05, 0) is 5.92 Å². The maximum atomic E-state index is 10.8. The van der Waals surface area contributed by atoms with Crippen molar-refractivity contribution < 1.29 is 4.79 Å². The summed E-state index contributed by atoms with van der Waals surface area (Å²) in [5, 5.41) is 0.